The summed E-state index contributed by atoms with van der Waals surface area (Å²) in [6.07, 6.45) is 0. The van der Waals surface area contributed by atoms with Crippen molar-refractivity contribution < 1.29 is 0 Å². The molecule has 0 fully saturated rings. The Morgan fingerprint density at radius 3 is 1.12 bits per heavy atom. The van der Waals surface area contributed by atoms with E-state index in [1.54, 1.807) is 0 Å². The summed E-state index contributed by atoms with van der Waals surface area (Å²) in [4.78, 5) is 2.38. The van der Waals surface area contributed by atoms with Crippen molar-refractivity contribution in [2.45, 2.75) is 0 Å². The third kappa shape index (κ3) is 6.66. The standard InChI is InChI=1S/C56H39N/c1-3-13-40(14-4-1)41-29-33-48(34-30-41)57(49-35-31-46(32-36-49)54-24-12-20-44-18-8-10-22-52(44)54)50-37-38-55(42-15-5-2-6-16-42)56(39-50)47-27-25-45(26-28-47)53-23-11-19-43-17-7-9-21-51(43)53/h1-39H. The topological polar surface area (TPSA) is 3.24 Å². The monoisotopic (exact) mass is 725 g/mol. The van der Waals surface area contributed by atoms with Gasteiger partial charge in [-0.15, -0.1) is 0 Å². The Morgan fingerprint density at radius 2 is 0.579 bits per heavy atom. The van der Waals surface area contributed by atoms with Gasteiger partial charge >= 0.3 is 0 Å². The van der Waals surface area contributed by atoms with Gasteiger partial charge in [-0.1, -0.05) is 200 Å². The molecule has 0 saturated heterocycles. The van der Waals surface area contributed by atoms with Crippen LogP contribution in [0.15, 0.2) is 237 Å². The fourth-order valence-corrected chi connectivity index (χ4v) is 8.23. The lowest BCUT2D eigenvalue weighted by Gasteiger charge is -2.27. The van der Waals surface area contributed by atoms with Crippen LogP contribution < -0.4 is 4.90 Å². The van der Waals surface area contributed by atoms with Gasteiger partial charge in [0.05, 0.1) is 0 Å². The lowest BCUT2D eigenvalue weighted by atomic mass is 9.91. The molecule has 0 heterocycles. The van der Waals surface area contributed by atoms with Crippen LogP contribution in [0.2, 0.25) is 0 Å². The van der Waals surface area contributed by atoms with Crippen molar-refractivity contribution in [3.05, 3.63) is 237 Å². The van der Waals surface area contributed by atoms with Gasteiger partial charge in [0.15, 0.2) is 0 Å². The van der Waals surface area contributed by atoms with E-state index >= 15 is 0 Å². The zero-order valence-electron chi connectivity index (χ0n) is 31.5. The second-order valence-corrected chi connectivity index (χ2v) is 14.5. The van der Waals surface area contributed by atoms with Gasteiger partial charge in [0.2, 0.25) is 0 Å². The van der Waals surface area contributed by atoms with Crippen molar-refractivity contribution >= 4 is 38.6 Å². The highest BCUT2D eigenvalue weighted by atomic mass is 15.1. The molecule has 1 heteroatoms. The first-order valence-corrected chi connectivity index (χ1v) is 19.6. The fourth-order valence-electron chi connectivity index (χ4n) is 8.23. The molecule has 0 N–H and O–H groups in total. The zero-order chi connectivity index (χ0) is 38.0. The third-order valence-electron chi connectivity index (χ3n) is 11.1. The minimum Gasteiger partial charge on any atom is -0.310 e. The number of anilines is 3. The molecular formula is C56H39N. The molecule has 0 saturated carbocycles. The van der Waals surface area contributed by atoms with Crippen LogP contribution in [-0.2, 0) is 0 Å². The van der Waals surface area contributed by atoms with Crippen molar-refractivity contribution in [2.24, 2.45) is 0 Å². The molecule has 268 valence electrons. The summed E-state index contributed by atoms with van der Waals surface area (Å²) in [6, 6.07) is 85.6. The summed E-state index contributed by atoms with van der Waals surface area (Å²) in [5.41, 5.74) is 15.3. The summed E-state index contributed by atoms with van der Waals surface area (Å²) in [7, 11) is 0. The highest BCUT2D eigenvalue weighted by molar-refractivity contribution is 5.98. The van der Waals surface area contributed by atoms with Crippen molar-refractivity contribution in [1.82, 2.24) is 0 Å². The molecular weight excluding hydrogens is 687 g/mol. The van der Waals surface area contributed by atoms with E-state index in [4.69, 9.17) is 0 Å². The lowest BCUT2D eigenvalue weighted by molar-refractivity contribution is 1.28. The highest BCUT2D eigenvalue weighted by Crippen LogP contribution is 2.42. The maximum absolute atomic E-state index is 2.38. The van der Waals surface area contributed by atoms with Gasteiger partial charge in [-0.3, -0.25) is 0 Å². The zero-order valence-corrected chi connectivity index (χ0v) is 31.5. The summed E-state index contributed by atoms with van der Waals surface area (Å²) in [6.45, 7) is 0. The number of nitrogens with zero attached hydrogens (tertiary/aromatic N) is 1. The molecule has 1 nitrogen and oxygen atoms in total. The maximum Gasteiger partial charge on any atom is 0.0468 e. The molecule has 0 aliphatic carbocycles. The smallest absolute Gasteiger partial charge is 0.0468 e. The summed E-state index contributed by atoms with van der Waals surface area (Å²) in [5, 5.41) is 5.02. The molecule has 57 heavy (non-hydrogen) atoms. The first kappa shape index (κ1) is 34.0. The molecule has 0 atom stereocenters. The average molecular weight is 726 g/mol. The van der Waals surface area contributed by atoms with Crippen LogP contribution in [0.25, 0.3) is 77.2 Å². The van der Waals surface area contributed by atoms with Crippen LogP contribution in [0.5, 0.6) is 0 Å². The molecule has 10 rings (SSSR count). The van der Waals surface area contributed by atoms with Gasteiger partial charge in [0, 0.05) is 17.1 Å². The molecule has 0 bridgehead atoms. The Balaban J connectivity index is 1.10. The van der Waals surface area contributed by atoms with Gasteiger partial charge in [-0.25, -0.2) is 0 Å². The number of rotatable bonds is 8. The second-order valence-electron chi connectivity index (χ2n) is 14.5. The quantitative estimate of drug-likeness (QED) is 0.151. The predicted molar refractivity (Wildman–Crippen MR) is 243 cm³/mol. The third-order valence-corrected chi connectivity index (χ3v) is 11.1. The van der Waals surface area contributed by atoms with E-state index in [0.29, 0.717) is 0 Å². The van der Waals surface area contributed by atoms with Crippen LogP contribution >= 0.6 is 0 Å². The number of hydrogen-bond acceptors (Lipinski definition) is 1. The Bertz CT molecular complexity index is 2950. The molecule has 10 aromatic rings. The average Bonchev–Trinajstić information content (AvgIpc) is 3.30. The van der Waals surface area contributed by atoms with Crippen molar-refractivity contribution in [3.63, 3.8) is 0 Å². The van der Waals surface area contributed by atoms with E-state index in [2.05, 4.69) is 241 Å². The van der Waals surface area contributed by atoms with Gasteiger partial charge in [-0.2, -0.15) is 0 Å². The van der Waals surface area contributed by atoms with E-state index in [1.165, 1.54) is 77.2 Å². The molecule has 10 aromatic carbocycles. The number of benzene rings is 10. The van der Waals surface area contributed by atoms with E-state index in [-0.39, 0.29) is 0 Å². The van der Waals surface area contributed by atoms with Gasteiger partial charge < -0.3 is 4.90 Å². The number of fused-ring (bicyclic) bond motifs is 2. The van der Waals surface area contributed by atoms with Crippen LogP contribution in [0.1, 0.15) is 0 Å². The van der Waals surface area contributed by atoms with Gasteiger partial charge in [-0.05, 0) is 114 Å². The molecule has 0 aliphatic heterocycles. The SMILES string of the molecule is c1ccc(-c2ccc(N(c3ccc(-c4cccc5ccccc45)cc3)c3ccc(-c4ccccc4)c(-c4ccc(-c5cccc6ccccc56)cc4)c3)cc2)cc1. The van der Waals surface area contributed by atoms with Crippen LogP contribution in [0.4, 0.5) is 17.1 Å². The molecule has 0 aliphatic rings. The highest BCUT2D eigenvalue weighted by Gasteiger charge is 2.18. The Hall–Kier alpha value is -7.48. The normalized spacial score (nSPS) is 11.2. The first-order valence-electron chi connectivity index (χ1n) is 19.6. The first-order chi connectivity index (χ1) is 28.3. The van der Waals surface area contributed by atoms with Crippen LogP contribution in [0.3, 0.4) is 0 Å². The molecule has 0 amide bonds. The lowest BCUT2D eigenvalue weighted by Crippen LogP contribution is -2.10. The van der Waals surface area contributed by atoms with Crippen LogP contribution in [0, 0.1) is 0 Å². The van der Waals surface area contributed by atoms with Crippen molar-refractivity contribution in [3.8, 4) is 55.6 Å². The Labute approximate surface area is 334 Å². The van der Waals surface area contributed by atoms with E-state index < -0.39 is 0 Å². The molecule has 0 aromatic heterocycles. The largest absolute Gasteiger partial charge is 0.310 e. The second kappa shape index (κ2) is 15.0. The Morgan fingerprint density at radius 1 is 0.211 bits per heavy atom. The minimum atomic E-state index is 1.09. The van der Waals surface area contributed by atoms with Crippen molar-refractivity contribution in [2.75, 3.05) is 4.90 Å². The van der Waals surface area contributed by atoms with Gasteiger partial charge in [0.25, 0.3) is 0 Å². The number of hydrogen-bond donors (Lipinski definition) is 0. The summed E-state index contributed by atoms with van der Waals surface area (Å²) < 4.78 is 0. The predicted octanol–water partition coefficient (Wildman–Crippen LogP) is 15.8. The summed E-state index contributed by atoms with van der Waals surface area (Å²) >= 11 is 0. The van der Waals surface area contributed by atoms with E-state index in [9.17, 15) is 0 Å². The van der Waals surface area contributed by atoms with E-state index in [0.717, 1.165) is 17.1 Å². The van der Waals surface area contributed by atoms with Crippen molar-refractivity contribution in [1.29, 1.82) is 0 Å². The molecule has 0 spiro atoms. The van der Waals surface area contributed by atoms with Gasteiger partial charge in [0.1, 0.15) is 0 Å². The Kier molecular flexibility index (Phi) is 8.95. The maximum atomic E-state index is 2.38. The molecule has 0 radical (unpaired) electrons. The fraction of sp³-hybridized carbons (Fsp3) is 0. The van der Waals surface area contributed by atoms with Crippen LogP contribution in [-0.4, -0.2) is 0 Å². The molecule has 0 unspecified atom stereocenters. The minimum absolute atomic E-state index is 1.09. The van der Waals surface area contributed by atoms with E-state index in [1.807, 2.05) is 0 Å². The summed E-state index contributed by atoms with van der Waals surface area (Å²) in [5.74, 6) is 0.